The molecule has 3 heterocycles. The highest BCUT2D eigenvalue weighted by Crippen LogP contribution is 2.43. The highest BCUT2D eigenvalue weighted by atomic mass is 32.1. The predicted molar refractivity (Wildman–Crippen MR) is 207 cm³/mol. The molecule has 0 atom stereocenters. The fraction of sp³-hybridized carbons (Fsp3) is 0. The number of thiophene rings is 1. The Hall–Kier alpha value is -6.43. The second-order valence-electron chi connectivity index (χ2n) is 12.4. The average Bonchev–Trinajstić information content (AvgIpc) is 3.77. The number of rotatable bonds is 5. The minimum Gasteiger partial charge on any atom is -0.455 e. The Morgan fingerprint density at radius 3 is 1.70 bits per heavy atom. The molecule has 0 aliphatic heterocycles. The molecule has 0 aliphatic carbocycles. The van der Waals surface area contributed by atoms with Crippen molar-refractivity contribution in [2.24, 2.45) is 0 Å². The second kappa shape index (κ2) is 11.6. The molecule has 4 nitrogen and oxygen atoms in total. The molecule has 10 rings (SSSR count). The van der Waals surface area contributed by atoms with Gasteiger partial charge in [0, 0.05) is 53.2 Å². The van der Waals surface area contributed by atoms with Gasteiger partial charge in [-0.1, -0.05) is 133 Å². The van der Waals surface area contributed by atoms with Gasteiger partial charge >= 0.3 is 0 Å². The van der Waals surface area contributed by atoms with Crippen LogP contribution in [0.15, 0.2) is 168 Å². The summed E-state index contributed by atoms with van der Waals surface area (Å²) in [5.74, 6) is 1.84. The number of aromatic nitrogens is 3. The first-order valence-electron chi connectivity index (χ1n) is 16.6. The van der Waals surface area contributed by atoms with E-state index in [1.165, 1.54) is 25.7 Å². The third-order valence-electron chi connectivity index (χ3n) is 9.37. The fourth-order valence-corrected chi connectivity index (χ4v) is 8.06. The van der Waals surface area contributed by atoms with Crippen molar-refractivity contribution in [1.29, 1.82) is 0 Å². The molecule has 0 fully saturated rings. The smallest absolute Gasteiger partial charge is 0.164 e. The topological polar surface area (TPSA) is 51.8 Å². The summed E-state index contributed by atoms with van der Waals surface area (Å²) >= 11 is 1.82. The minimum absolute atomic E-state index is 0.601. The molecule has 0 saturated heterocycles. The standard InChI is InChI=1S/C45H27N3OS/c1-3-11-28(12-4-1)29-19-21-31(22-20-29)44-46-43(30-13-5-2-6-14-30)47-45(48-44)37-26-25-33(42-41(37)36-16-7-9-17-38(36)49-42)32-23-24-35-34-15-8-10-18-39(34)50-40(35)27-32/h1-27H. The zero-order valence-electron chi connectivity index (χ0n) is 26.7. The fourth-order valence-electron chi connectivity index (χ4n) is 6.92. The quantitative estimate of drug-likeness (QED) is 0.185. The van der Waals surface area contributed by atoms with Gasteiger partial charge in [0.2, 0.25) is 0 Å². The van der Waals surface area contributed by atoms with Crippen LogP contribution in [0.3, 0.4) is 0 Å². The Bertz CT molecular complexity index is 2860. The van der Waals surface area contributed by atoms with Crippen LogP contribution in [0.5, 0.6) is 0 Å². The minimum atomic E-state index is 0.601. The van der Waals surface area contributed by atoms with Crippen molar-refractivity contribution in [3.8, 4) is 56.4 Å². The number of para-hydroxylation sites is 1. The Labute approximate surface area is 292 Å². The first-order chi connectivity index (χ1) is 24.8. The van der Waals surface area contributed by atoms with Gasteiger partial charge in [0.25, 0.3) is 0 Å². The highest BCUT2D eigenvalue weighted by Gasteiger charge is 2.21. The van der Waals surface area contributed by atoms with Crippen molar-refractivity contribution in [2.75, 3.05) is 0 Å². The van der Waals surface area contributed by atoms with E-state index in [1.54, 1.807) is 0 Å². The molecule has 0 unspecified atom stereocenters. The molecule has 0 bridgehead atoms. The summed E-state index contributed by atoms with van der Waals surface area (Å²) in [6, 6.07) is 56.7. The van der Waals surface area contributed by atoms with E-state index in [0.717, 1.165) is 55.3 Å². The predicted octanol–water partition coefficient (Wildman–Crippen LogP) is 12.5. The molecular weight excluding hydrogens is 631 g/mol. The van der Waals surface area contributed by atoms with Crippen LogP contribution in [0, 0.1) is 0 Å². The molecule has 10 aromatic rings. The normalized spacial score (nSPS) is 11.6. The van der Waals surface area contributed by atoms with Crippen LogP contribution >= 0.6 is 11.3 Å². The van der Waals surface area contributed by atoms with Gasteiger partial charge in [-0.2, -0.15) is 0 Å². The lowest BCUT2D eigenvalue weighted by Crippen LogP contribution is -2.00. The molecule has 0 aliphatic rings. The lowest BCUT2D eigenvalue weighted by Gasteiger charge is -2.11. The van der Waals surface area contributed by atoms with Crippen LogP contribution in [0.2, 0.25) is 0 Å². The monoisotopic (exact) mass is 657 g/mol. The molecule has 0 radical (unpaired) electrons. The molecule has 0 N–H and O–H groups in total. The number of hydrogen-bond acceptors (Lipinski definition) is 5. The van der Waals surface area contributed by atoms with E-state index >= 15 is 0 Å². The zero-order valence-corrected chi connectivity index (χ0v) is 27.6. The summed E-state index contributed by atoms with van der Waals surface area (Å²) in [7, 11) is 0. The SMILES string of the molecule is c1ccc(-c2ccc(-c3nc(-c4ccccc4)nc(-c4ccc(-c5ccc6c(c5)sc5ccccc56)c5oc6ccccc6c45)n3)cc2)cc1. The Balaban J connectivity index is 1.17. The summed E-state index contributed by atoms with van der Waals surface area (Å²) in [5, 5.41) is 4.58. The zero-order chi connectivity index (χ0) is 33.0. The maximum absolute atomic E-state index is 6.69. The van der Waals surface area contributed by atoms with Crippen molar-refractivity contribution < 1.29 is 4.42 Å². The first kappa shape index (κ1) is 28.6. The molecule has 3 aromatic heterocycles. The van der Waals surface area contributed by atoms with Gasteiger partial charge in [-0.15, -0.1) is 11.3 Å². The van der Waals surface area contributed by atoms with Crippen LogP contribution in [0.4, 0.5) is 0 Å². The molecule has 0 spiro atoms. The largest absolute Gasteiger partial charge is 0.455 e. The second-order valence-corrected chi connectivity index (χ2v) is 13.5. The van der Waals surface area contributed by atoms with Crippen LogP contribution in [0.25, 0.3) is 98.5 Å². The van der Waals surface area contributed by atoms with Gasteiger partial charge in [-0.3, -0.25) is 0 Å². The van der Waals surface area contributed by atoms with Crippen LogP contribution in [-0.4, -0.2) is 15.0 Å². The summed E-state index contributed by atoms with van der Waals surface area (Å²) in [6.07, 6.45) is 0. The van der Waals surface area contributed by atoms with Gasteiger partial charge in [0.15, 0.2) is 17.5 Å². The maximum atomic E-state index is 6.69. The van der Waals surface area contributed by atoms with Crippen molar-refractivity contribution in [3.63, 3.8) is 0 Å². The van der Waals surface area contributed by atoms with E-state index in [-0.39, 0.29) is 0 Å². The third kappa shape index (κ3) is 4.79. The Morgan fingerprint density at radius 1 is 0.380 bits per heavy atom. The van der Waals surface area contributed by atoms with Crippen molar-refractivity contribution in [2.45, 2.75) is 0 Å². The van der Waals surface area contributed by atoms with Gasteiger partial charge in [0.1, 0.15) is 11.2 Å². The third-order valence-corrected chi connectivity index (χ3v) is 10.5. The number of nitrogens with zero attached hydrogens (tertiary/aromatic N) is 3. The summed E-state index contributed by atoms with van der Waals surface area (Å²) in [6.45, 7) is 0. The molecule has 50 heavy (non-hydrogen) atoms. The van der Waals surface area contributed by atoms with Gasteiger partial charge < -0.3 is 4.42 Å². The van der Waals surface area contributed by atoms with E-state index in [0.29, 0.717) is 17.5 Å². The number of hydrogen-bond donors (Lipinski definition) is 0. The summed E-state index contributed by atoms with van der Waals surface area (Å²) in [4.78, 5) is 15.2. The van der Waals surface area contributed by atoms with Gasteiger partial charge in [-0.25, -0.2) is 15.0 Å². The first-order valence-corrected chi connectivity index (χ1v) is 17.4. The number of fused-ring (bicyclic) bond motifs is 6. The number of furan rings is 1. The van der Waals surface area contributed by atoms with E-state index < -0.39 is 0 Å². The van der Waals surface area contributed by atoms with Gasteiger partial charge in [0.05, 0.1) is 0 Å². The summed E-state index contributed by atoms with van der Waals surface area (Å²) in [5.41, 5.74) is 8.86. The molecule has 234 valence electrons. The van der Waals surface area contributed by atoms with Crippen LogP contribution in [0.1, 0.15) is 0 Å². The van der Waals surface area contributed by atoms with Gasteiger partial charge in [-0.05, 0) is 47.0 Å². The van der Waals surface area contributed by atoms with Crippen molar-refractivity contribution in [1.82, 2.24) is 15.0 Å². The van der Waals surface area contributed by atoms with Crippen molar-refractivity contribution in [3.05, 3.63) is 164 Å². The molecular formula is C45H27N3OS. The summed E-state index contributed by atoms with van der Waals surface area (Å²) < 4.78 is 9.23. The van der Waals surface area contributed by atoms with Crippen LogP contribution in [-0.2, 0) is 0 Å². The molecule has 0 amide bonds. The molecule has 5 heteroatoms. The van der Waals surface area contributed by atoms with Crippen LogP contribution < -0.4 is 0 Å². The van der Waals surface area contributed by atoms with E-state index in [4.69, 9.17) is 19.4 Å². The van der Waals surface area contributed by atoms with Crippen molar-refractivity contribution >= 4 is 53.4 Å². The highest BCUT2D eigenvalue weighted by molar-refractivity contribution is 7.25. The molecule has 7 aromatic carbocycles. The van der Waals surface area contributed by atoms with E-state index in [9.17, 15) is 0 Å². The van der Waals surface area contributed by atoms with E-state index in [2.05, 4.69) is 115 Å². The molecule has 0 saturated carbocycles. The maximum Gasteiger partial charge on any atom is 0.164 e. The lowest BCUT2D eigenvalue weighted by atomic mass is 9.97. The lowest BCUT2D eigenvalue weighted by molar-refractivity contribution is 0.670. The van der Waals surface area contributed by atoms with E-state index in [1.807, 2.05) is 59.9 Å². The Morgan fingerprint density at radius 2 is 0.920 bits per heavy atom. The number of benzene rings is 7. The average molecular weight is 658 g/mol. The Kier molecular flexibility index (Phi) is 6.64.